The Labute approximate surface area is 92.3 Å². The van der Waals surface area contributed by atoms with Gasteiger partial charge in [-0.1, -0.05) is 6.92 Å². The zero-order valence-electron chi connectivity index (χ0n) is 8.13. The molecular weight excluding hydrogens is 217 g/mol. The molecule has 0 aliphatic heterocycles. The quantitative estimate of drug-likeness (QED) is 0.586. The highest BCUT2D eigenvalue weighted by atomic mass is 35.5. The molecule has 1 unspecified atom stereocenters. The van der Waals surface area contributed by atoms with E-state index in [1.165, 1.54) is 12.1 Å². The summed E-state index contributed by atoms with van der Waals surface area (Å²) in [4.78, 5) is 11.5. The molecule has 1 rings (SSSR count). The fourth-order valence-electron chi connectivity index (χ4n) is 1.13. The van der Waals surface area contributed by atoms with E-state index in [9.17, 15) is 9.18 Å². The summed E-state index contributed by atoms with van der Waals surface area (Å²) in [6.07, 6.45) is 0.488. The molecule has 0 amide bonds. The summed E-state index contributed by atoms with van der Waals surface area (Å²) >= 11 is 5.74. The van der Waals surface area contributed by atoms with Crippen LogP contribution in [0.15, 0.2) is 18.2 Å². The van der Waals surface area contributed by atoms with E-state index in [4.69, 9.17) is 16.9 Å². The van der Waals surface area contributed by atoms with Gasteiger partial charge in [0.15, 0.2) is 5.78 Å². The normalized spacial score (nSPS) is 11.9. The monoisotopic (exact) mass is 225 g/mol. The Bertz CT molecular complexity index is 425. The second-order valence-electron chi connectivity index (χ2n) is 3.05. The first-order valence-electron chi connectivity index (χ1n) is 4.48. The van der Waals surface area contributed by atoms with Gasteiger partial charge in [0.2, 0.25) is 0 Å². The molecule has 0 aromatic heterocycles. The lowest BCUT2D eigenvalue weighted by Crippen LogP contribution is -2.13. The number of carbonyl (C=O) groups is 1. The van der Waals surface area contributed by atoms with E-state index >= 15 is 0 Å². The van der Waals surface area contributed by atoms with E-state index in [0.717, 1.165) is 6.07 Å². The minimum Gasteiger partial charge on any atom is -0.293 e. The first-order chi connectivity index (χ1) is 7.10. The van der Waals surface area contributed by atoms with Crippen LogP contribution in [-0.2, 0) is 0 Å². The highest BCUT2D eigenvalue weighted by Crippen LogP contribution is 2.15. The van der Waals surface area contributed by atoms with Crippen LogP contribution in [0.1, 0.15) is 29.3 Å². The molecular formula is C11H9ClFNO. The van der Waals surface area contributed by atoms with Gasteiger partial charge in [0.05, 0.1) is 10.9 Å². The van der Waals surface area contributed by atoms with Gasteiger partial charge < -0.3 is 0 Å². The molecule has 1 atom stereocenters. The summed E-state index contributed by atoms with van der Waals surface area (Å²) in [5.41, 5.74) is 0.127. The first-order valence-corrected chi connectivity index (χ1v) is 4.91. The molecule has 0 saturated carbocycles. The number of alkyl halides is 1. The first kappa shape index (κ1) is 11.7. The third-order valence-electron chi connectivity index (χ3n) is 2.02. The minimum absolute atomic E-state index is 0.0748. The predicted octanol–water partition coefficient (Wildman–Crippen LogP) is 2.90. The maximum atomic E-state index is 13.2. The van der Waals surface area contributed by atoms with Crippen LogP contribution in [0.25, 0.3) is 0 Å². The Balaban J connectivity index is 3.04. The summed E-state index contributed by atoms with van der Waals surface area (Å²) in [6, 6.07) is 5.42. The van der Waals surface area contributed by atoms with E-state index in [0.29, 0.717) is 6.42 Å². The summed E-state index contributed by atoms with van der Waals surface area (Å²) < 4.78 is 13.2. The molecule has 1 aromatic rings. The predicted molar refractivity (Wildman–Crippen MR) is 55.4 cm³/mol. The Hall–Kier alpha value is -1.40. The zero-order chi connectivity index (χ0) is 11.4. The SMILES string of the molecule is CCC(Cl)C(=O)c1ccc(C#N)c(F)c1. The van der Waals surface area contributed by atoms with Gasteiger partial charge in [-0.05, 0) is 24.6 Å². The second kappa shape index (κ2) is 4.90. The molecule has 0 N–H and O–H groups in total. The van der Waals surface area contributed by atoms with Crippen molar-refractivity contribution in [1.82, 2.24) is 0 Å². The number of hydrogen-bond donors (Lipinski definition) is 0. The molecule has 78 valence electrons. The van der Waals surface area contributed by atoms with Gasteiger partial charge in [-0.2, -0.15) is 5.26 Å². The summed E-state index contributed by atoms with van der Waals surface area (Å²) in [7, 11) is 0. The molecule has 0 spiro atoms. The molecule has 0 saturated heterocycles. The van der Waals surface area contributed by atoms with Crippen LogP contribution in [0.2, 0.25) is 0 Å². The van der Waals surface area contributed by atoms with E-state index in [1.54, 1.807) is 13.0 Å². The van der Waals surface area contributed by atoms with Crippen molar-refractivity contribution < 1.29 is 9.18 Å². The molecule has 1 aromatic carbocycles. The molecule has 15 heavy (non-hydrogen) atoms. The number of halogens is 2. The van der Waals surface area contributed by atoms with Crippen molar-refractivity contribution >= 4 is 17.4 Å². The summed E-state index contributed by atoms with van der Waals surface area (Å²) in [6.45, 7) is 1.77. The molecule has 0 aliphatic carbocycles. The van der Waals surface area contributed by atoms with Gasteiger partial charge in [-0.15, -0.1) is 11.6 Å². The Morgan fingerprint density at radius 1 is 1.67 bits per heavy atom. The fraction of sp³-hybridized carbons (Fsp3) is 0.273. The van der Waals surface area contributed by atoms with Gasteiger partial charge in [0.25, 0.3) is 0 Å². The van der Waals surface area contributed by atoms with Crippen molar-refractivity contribution in [3.8, 4) is 6.07 Å². The number of carbonyl (C=O) groups excluding carboxylic acids is 1. The highest BCUT2D eigenvalue weighted by Gasteiger charge is 2.16. The number of rotatable bonds is 3. The number of benzene rings is 1. The maximum Gasteiger partial charge on any atom is 0.180 e. The zero-order valence-corrected chi connectivity index (χ0v) is 8.88. The summed E-state index contributed by atoms with van der Waals surface area (Å²) in [5.74, 6) is -1.01. The van der Waals surface area contributed by atoms with Crippen LogP contribution in [0.3, 0.4) is 0 Å². The van der Waals surface area contributed by atoms with Crippen molar-refractivity contribution in [2.45, 2.75) is 18.7 Å². The Morgan fingerprint density at radius 2 is 2.33 bits per heavy atom. The molecule has 0 aliphatic rings. The lowest BCUT2D eigenvalue weighted by molar-refractivity contribution is 0.0985. The van der Waals surface area contributed by atoms with E-state index in [2.05, 4.69) is 0 Å². The number of ketones is 1. The van der Waals surface area contributed by atoms with Gasteiger partial charge in [-0.3, -0.25) is 4.79 Å². The Kier molecular flexibility index (Phi) is 3.81. The lowest BCUT2D eigenvalue weighted by atomic mass is 10.0. The number of Topliss-reactive ketones (excluding diaryl/α,β-unsaturated/α-hetero) is 1. The number of nitriles is 1. The van der Waals surface area contributed by atoms with E-state index in [1.807, 2.05) is 0 Å². The molecule has 0 fully saturated rings. The van der Waals surface area contributed by atoms with Crippen LogP contribution in [-0.4, -0.2) is 11.2 Å². The fourth-order valence-corrected chi connectivity index (χ4v) is 1.25. The second-order valence-corrected chi connectivity index (χ2v) is 3.57. The largest absolute Gasteiger partial charge is 0.293 e. The van der Waals surface area contributed by atoms with Crippen LogP contribution in [0.4, 0.5) is 4.39 Å². The number of nitrogens with zero attached hydrogens (tertiary/aromatic N) is 1. The number of hydrogen-bond acceptors (Lipinski definition) is 2. The average Bonchev–Trinajstić information content (AvgIpc) is 2.26. The smallest absolute Gasteiger partial charge is 0.180 e. The van der Waals surface area contributed by atoms with Crippen molar-refractivity contribution in [2.24, 2.45) is 0 Å². The molecule has 0 heterocycles. The van der Waals surface area contributed by atoms with Crippen molar-refractivity contribution in [3.05, 3.63) is 35.1 Å². The van der Waals surface area contributed by atoms with Crippen molar-refractivity contribution in [2.75, 3.05) is 0 Å². The van der Waals surface area contributed by atoms with Crippen molar-refractivity contribution in [1.29, 1.82) is 5.26 Å². The highest BCUT2D eigenvalue weighted by molar-refractivity contribution is 6.33. The molecule has 0 bridgehead atoms. The van der Waals surface area contributed by atoms with Crippen LogP contribution in [0, 0.1) is 17.1 Å². The van der Waals surface area contributed by atoms with E-state index in [-0.39, 0.29) is 16.9 Å². The Morgan fingerprint density at radius 3 is 2.80 bits per heavy atom. The maximum absolute atomic E-state index is 13.2. The lowest BCUT2D eigenvalue weighted by Gasteiger charge is -2.05. The van der Waals surface area contributed by atoms with Crippen molar-refractivity contribution in [3.63, 3.8) is 0 Å². The third-order valence-corrected chi connectivity index (χ3v) is 2.52. The molecule has 2 nitrogen and oxygen atoms in total. The van der Waals surface area contributed by atoms with Gasteiger partial charge in [-0.25, -0.2) is 4.39 Å². The standard InChI is InChI=1S/C11H9ClFNO/c1-2-9(12)11(15)7-3-4-8(6-14)10(13)5-7/h3-5,9H,2H2,1H3. The van der Waals surface area contributed by atoms with Gasteiger partial charge in [0, 0.05) is 5.56 Å². The van der Waals surface area contributed by atoms with E-state index < -0.39 is 11.2 Å². The van der Waals surface area contributed by atoms with Crippen LogP contribution >= 0.6 is 11.6 Å². The molecule has 0 radical (unpaired) electrons. The molecule has 4 heteroatoms. The topological polar surface area (TPSA) is 40.9 Å². The summed E-state index contributed by atoms with van der Waals surface area (Å²) in [5, 5.41) is 7.86. The van der Waals surface area contributed by atoms with Crippen LogP contribution in [0.5, 0.6) is 0 Å². The van der Waals surface area contributed by atoms with Crippen LogP contribution < -0.4 is 0 Å². The van der Waals surface area contributed by atoms with Gasteiger partial charge >= 0.3 is 0 Å². The minimum atomic E-state index is -0.691. The average molecular weight is 226 g/mol. The van der Waals surface area contributed by atoms with Gasteiger partial charge in [0.1, 0.15) is 11.9 Å². The third kappa shape index (κ3) is 2.54.